The Kier molecular flexibility index (Phi) is 3.35. The van der Waals surface area contributed by atoms with Gasteiger partial charge < -0.3 is 4.57 Å². The van der Waals surface area contributed by atoms with E-state index in [0.29, 0.717) is 0 Å². The van der Waals surface area contributed by atoms with E-state index in [-0.39, 0.29) is 11.1 Å². The first-order valence-electron chi connectivity index (χ1n) is 6.64. The Morgan fingerprint density at radius 1 is 1.35 bits per heavy atom. The first kappa shape index (κ1) is 13.3. The number of fused-ring (bicyclic) bond motifs is 1. The van der Waals surface area contributed by atoms with Gasteiger partial charge in [-0.2, -0.15) is 0 Å². The maximum atomic E-state index is 12.3. The highest BCUT2D eigenvalue weighted by Gasteiger charge is 2.26. The average molecular weight is 291 g/mol. The van der Waals surface area contributed by atoms with Gasteiger partial charge >= 0.3 is 0 Å². The molecule has 20 heavy (non-hydrogen) atoms. The highest BCUT2D eigenvalue weighted by molar-refractivity contribution is 7.89. The molecule has 1 aliphatic carbocycles. The molecule has 0 saturated carbocycles. The smallest absolute Gasteiger partial charge is 0.260 e. The van der Waals surface area contributed by atoms with Gasteiger partial charge in [-0.05, 0) is 30.4 Å². The van der Waals surface area contributed by atoms with Gasteiger partial charge in [0.1, 0.15) is 0 Å². The van der Waals surface area contributed by atoms with E-state index in [2.05, 4.69) is 15.8 Å². The Hall–Kier alpha value is -1.66. The van der Waals surface area contributed by atoms with E-state index in [1.54, 1.807) is 11.6 Å². The van der Waals surface area contributed by atoms with E-state index < -0.39 is 10.0 Å². The summed E-state index contributed by atoms with van der Waals surface area (Å²) in [5.41, 5.74) is 2.31. The highest BCUT2D eigenvalue weighted by Crippen LogP contribution is 2.30. The van der Waals surface area contributed by atoms with Gasteiger partial charge in [0.15, 0.2) is 5.03 Å². The molecule has 1 atom stereocenters. The lowest BCUT2D eigenvalue weighted by atomic mass is 9.88. The first-order valence-corrected chi connectivity index (χ1v) is 8.13. The number of hydrogen-bond acceptors (Lipinski definition) is 3. The summed E-state index contributed by atoms with van der Waals surface area (Å²) >= 11 is 0. The van der Waals surface area contributed by atoms with E-state index in [4.69, 9.17) is 0 Å². The third-order valence-electron chi connectivity index (χ3n) is 3.62. The van der Waals surface area contributed by atoms with Gasteiger partial charge in [0.25, 0.3) is 10.0 Å². The minimum Gasteiger partial charge on any atom is -0.339 e. The van der Waals surface area contributed by atoms with Gasteiger partial charge in [-0.25, -0.2) is 18.1 Å². The molecule has 0 saturated heterocycles. The third kappa shape index (κ3) is 2.48. The third-order valence-corrected chi connectivity index (χ3v) is 4.98. The molecule has 1 N–H and O–H groups in total. The van der Waals surface area contributed by atoms with Gasteiger partial charge in [0, 0.05) is 19.3 Å². The van der Waals surface area contributed by atoms with Gasteiger partial charge in [-0.1, -0.05) is 24.3 Å². The van der Waals surface area contributed by atoms with Crippen LogP contribution in [0.2, 0.25) is 0 Å². The summed E-state index contributed by atoms with van der Waals surface area (Å²) in [7, 11) is -1.81. The molecule has 0 bridgehead atoms. The normalized spacial score (nSPS) is 18.8. The molecule has 0 aliphatic heterocycles. The Morgan fingerprint density at radius 2 is 2.15 bits per heavy atom. The number of rotatable bonds is 3. The van der Waals surface area contributed by atoms with Crippen molar-refractivity contribution in [1.82, 2.24) is 14.3 Å². The molecule has 106 valence electrons. The minimum absolute atomic E-state index is 0.0723. The fourth-order valence-corrected chi connectivity index (χ4v) is 3.88. The van der Waals surface area contributed by atoms with Crippen LogP contribution < -0.4 is 4.72 Å². The lowest BCUT2D eigenvalue weighted by Crippen LogP contribution is -2.31. The number of benzene rings is 1. The summed E-state index contributed by atoms with van der Waals surface area (Å²) in [6, 6.07) is 7.85. The molecule has 5 nitrogen and oxygen atoms in total. The molecule has 1 heterocycles. The molecule has 1 aromatic heterocycles. The van der Waals surface area contributed by atoms with Crippen LogP contribution in [0, 0.1) is 0 Å². The molecule has 1 aromatic carbocycles. The van der Waals surface area contributed by atoms with Gasteiger partial charge in [0.2, 0.25) is 0 Å². The molecule has 6 heteroatoms. The number of imidazole rings is 1. The molecule has 1 aliphatic rings. The number of nitrogens with zero attached hydrogens (tertiary/aromatic N) is 2. The number of sulfonamides is 1. The second-order valence-electron chi connectivity index (χ2n) is 5.14. The average Bonchev–Trinajstić information content (AvgIpc) is 2.86. The second-order valence-corrected chi connectivity index (χ2v) is 6.80. The largest absolute Gasteiger partial charge is 0.339 e. The van der Waals surface area contributed by atoms with Crippen LogP contribution in [0.5, 0.6) is 0 Å². The molecule has 3 rings (SSSR count). The topological polar surface area (TPSA) is 64.0 Å². The predicted octanol–water partition coefficient (Wildman–Crippen LogP) is 1.78. The zero-order chi connectivity index (χ0) is 14.2. The number of aryl methyl sites for hydroxylation is 2. The van der Waals surface area contributed by atoms with Crippen molar-refractivity contribution < 1.29 is 8.42 Å². The van der Waals surface area contributed by atoms with Crippen LogP contribution in [-0.4, -0.2) is 18.0 Å². The zero-order valence-corrected chi connectivity index (χ0v) is 12.1. The Morgan fingerprint density at radius 3 is 2.90 bits per heavy atom. The van der Waals surface area contributed by atoms with Crippen LogP contribution in [0.4, 0.5) is 0 Å². The fraction of sp³-hybridized carbons (Fsp3) is 0.357. The van der Waals surface area contributed by atoms with E-state index in [1.165, 1.54) is 18.1 Å². The predicted molar refractivity (Wildman–Crippen MR) is 75.7 cm³/mol. The standard InChI is InChI=1S/C14H17N3O2S/c1-17-9-14(15-10-17)20(18,19)16-13-8-4-6-11-5-2-3-7-12(11)13/h2-3,5,7,9-10,13,16H,4,6,8H2,1H3/t13-/m0/s1. The van der Waals surface area contributed by atoms with Gasteiger partial charge in [0.05, 0.1) is 6.33 Å². The van der Waals surface area contributed by atoms with Crippen molar-refractivity contribution in [3.63, 3.8) is 0 Å². The molecule has 0 unspecified atom stereocenters. The summed E-state index contributed by atoms with van der Waals surface area (Å²) < 4.78 is 29.1. The summed E-state index contributed by atoms with van der Waals surface area (Å²) in [4.78, 5) is 3.92. The number of aromatic nitrogens is 2. The van der Waals surface area contributed by atoms with E-state index >= 15 is 0 Å². The molecule has 0 spiro atoms. The number of nitrogens with one attached hydrogen (secondary N) is 1. The van der Waals surface area contributed by atoms with Crippen LogP contribution in [0.25, 0.3) is 0 Å². The summed E-state index contributed by atoms with van der Waals surface area (Å²) in [6.07, 6.45) is 5.83. The first-order chi connectivity index (χ1) is 9.56. The highest BCUT2D eigenvalue weighted by atomic mass is 32.2. The van der Waals surface area contributed by atoms with Gasteiger partial charge in [-0.3, -0.25) is 0 Å². The van der Waals surface area contributed by atoms with Crippen LogP contribution in [0.3, 0.4) is 0 Å². The molecule has 0 radical (unpaired) electrons. The van der Waals surface area contributed by atoms with Gasteiger partial charge in [-0.15, -0.1) is 0 Å². The quantitative estimate of drug-likeness (QED) is 0.937. The minimum atomic E-state index is -3.56. The summed E-state index contributed by atoms with van der Waals surface area (Å²) in [6.45, 7) is 0. The zero-order valence-electron chi connectivity index (χ0n) is 11.3. The Balaban J connectivity index is 1.89. The van der Waals surface area contributed by atoms with Crippen molar-refractivity contribution in [2.24, 2.45) is 7.05 Å². The Labute approximate surface area is 118 Å². The van der Waals surface area contributed by atoms with Crippen molar-refractivity contribution in [2.75, 3.05) is 0 Å². The summed E-state index contributed by atoms with van der Waals surface area (Å²) in [5.74, 6) is 0. The maximum Gasteiger partial charge on any atom is 0.260 e. The van der Waals surface area contributed by atoms with Crippen molar-refractivity contribution in [1.29, 1.82) is 0 Å². The van der Waals surface area contributed by atoms with Crippen LogP contribution in [-0.2, 0) is 23.5 Å². The van der Waals surface area contributed by atoms with Crippen molar-refractivity contribution in [3.05, 3.63) is 47.9 Å². The van der Waals surface area contributed by atoms with Crippen molar-refractivity contribution >= 4 is 10.0 Å². The molecule has 2 aromatic rings. The summed E-state index contributed by atoms with van der Waals surface area (Å²) in [5, 5.41) is 0.0723. The van der Waals surface area contributed by atoms with E-state index in [0.717, 1.165) is 24.8 Å². The molecular formula is C14H17N3O2S. The molecule has 0 amide bonds. The Bertz CT molecular complexity index is 722. The van der Waals surface area contributed by atoms with Crippen molar-refractivity contribution in [3.8, 4) is 0 Å². The SMILES string of the molecule is Cn1cnc(S(=O)(=O)N[C@H]2CCCc3ccccc32)c1. The van der Waals surface area contributed by atoms with Crippen molar-refractivity contribution in [2.45, 2.75) is 30.3 Å². The van der Waals surface area contributed by atoms with Crippen LogP contribution in [0.15, 0.2) is 41.8 Å². The van der Waals surface area contributed by atoms with E-state index in [9.17, 15) is 8.42 Å². The maximum absolute atomic E-state index is 12.3. The second kappa shape index (κ2) is 5.03. The van der Waals surface area contributed by atoms with E-state index in [1.807, 2.05) is 18.2 Å². The van der Waals surface area contributed by atoms with Crippen LogP contribution in [0.1, 0.15) is 30.0 Å². The monoisotopic (exact) mass is 291 g/mol. The lowest BCUT2D eigenvalue weighted by molar-refractivity contribution is 0.506. The number of hydrogen-bond donors (Lipinski definition) is 1. The fourth-order valence-electron chi connectivity index (χ4n) is 2.65. The molecular weight excluding hydrogens is 274 g/mol. The lowest BCUT2D eigenvalue weighted by Gasteiger charge is -2.25. The molecule has 0 fully saturated rings. The van der Waals surface area contributed by atoms with Crippen LogP contribution >= 0.6 is 0 Å².